The van der Waals surface area contributed by atoms with Gasteiger partial charge in [0, 0.05) is 21.2 Å². The van der Waals surface area contributed by atoms with E-state index >= 15 is 0 Å². The van der Waals surface area contributed by atoms with Crippen molar-refractivity contribution in [3.8, 4) is 11.1 Å². The maximum absolute atomic E-state index is 6.18. The van der Waals surface area contributed by atoms with Gasteiger partial charge < -0.3 is 5.73 Å². The first-order valence-corrected chi connectivity index (χ1v) is 6.08. The Morgan fingerprint density at radius 2 is 1.88 bits per heavy atom. The Balaban J connectivity index is 2.63. The van der Waals surface area contributed by atoms with E-state index in [4.69, 9.17) is 28.9 Å². The van der Waals surface area contributed by atoms with Crippen LogP contribution in [0.25, 0.3) is 11.1 Å². The summed E-state index contributed by atoms with van der Waals surface area (Å²) in [5, 5.41) is 1.32. The number of rotatable bonds is 2. The van der Waals surface area contributed by atoms with E-state index in [1.807, 2.05) is 19.1 Å². The standard InChI is InChI=1S/C13H12Cl2N2/c1-2-12-9(4-6-13(16)17-12)10-7-8(14)3-5-11(10)15/h3-7H,2H2,1H3,(H2,16,17). The molecule has 2 rings (SSSR count). The number of hydrogen-bond acceptors (Lipinski definition) is 2. The van der Waals surface area contributed by atoms with Crippen LogP contribution in [-0.4, -0.2) is 4.98 Å². The Bertz CT molecular complexity index is 553. The van der Waals surface area contributed by atoms with E-state index < -0.39 is 0 Å². The zero-order valence-electron chi connectivity index (χ0n) is 9.37. The Kier molecular flexibility index (Phi) is 3.55. The van der Waals surface area contributed by atoms with Crippen LogP contribution in [0.4, 0.5) is 5.82 Å². The second-order valence-electron chi connectivity index (χ2n) is 3.71. The molecule has 2 nitrogen and oxygen atoms in total. The molecule has 2 N–H and O–H groups in total. The van der Waals surface area contributed by atoms with Crippen LogP contribution < -0.4 is 5.73 Å². The van der Waals surface area contributed by atoms with Gasteiger partial charge >= 0.3 is 0 Å². The fraction of sp³-hybridized carbons (Fsp3) is 0.154. The minimum absolute atomic E-state index is 0.517. The molecule has 0 bridgehead atoms. The minimum Gasteiger partial charge on any atom is -0.384 e. The lowest BCUT2D eigenvalue weighted by Crippen LogP contribution is -1.97. The smallest absolute Gasteiger partial charge is 0.123 e. The van der Waals surface area contributed by atoms with Crippen molar-refractivity contribution in [2.45, 2.75) is 13.3 Å². The first-order valence-electron chi connectivity index (χ1n) is 5.32. The molecule has 0 aliphatic carbocycles. The molecule has 0 radical (unpaired) electrons. The predicted molar refractivity (Wildman–Crippen MR) is 73.5 cm³/mol. The summed E-state index contributed by atoms with van der Waals surface area (Å²) in [6.45, 7) is 2.03. The number of hydrogen-bond donors (Lipinski definition) is 1. The molecule has 0 aliphatic heterocycles. The topological polar surface area (TPSA) is 38.9 Å². The van der Waals surface area contributed by atoms with Gasteiger partial charge in [-0.15, -0.1) is 0 Å². The lowest BCUT2D eigenvalue weighted by molar-refractivity contribution is 1.04. The Morgan fingerprint density at radius 1 is 1.12 bits per heavy atom. The van der Waals surface area contributed by atoms with Crippen molar-refractivity contribution in [3.63, 3.8) is 0 Å². The van der Waals surface area contributed by atoms with Crippen molar-refractivity contribution in [1.82, 2.24) is 4.98 Å². The van der Waals surface area contributed by atoms with E-state index in [0.29, 0.717) is 15.9 Å². The monoisotopic (exact) mass is 266 g/mol. The lowest BCUT2D eigenvalue weighted by atomic mass is 10.0. The van der Waals surface area contributed by atoms with Crippen LogP contribution in [0.1, 0.15) is 12.6 Å². The van der Waals surface area contributed by atoms with Crippen LogP contribution in [0.3, 0.4) is 0 Å². The Labute approximate surface area is 110 Å². The number of pyridine rings is 1. The molecule has 0 spiro atoms. The molecule has 1 aromatic heterocycles. The summed E-state index contributed by atoms with van der Waals surface area (Å²) in [5.74, 6) is 0.517. The van der Waals surface area contributed by atoms with Gasteiger partial charge in [0.25, 0.3) is 0 Å². The second kappa shape index (κ2) is 4.94. The zero-order valence-corrected chi connectivity index (χ0v) is 10.9. The summed E-state index contributed by atoms with van der Waals surface area (Å²) < 4.78 is 0. The Morgan fingerprint density at radius 3 is 2.59 bits per heavy atom. The molecule has 88 valence electrons. The van der Waals surface area contributed by atoms with Gasteiger partial charge in [0.1, 0.15) is 5.82 Å². The molecule has 0 unspecified atom stereocenters. The highest BCUT2D eigenvalue weighted by Crippen LogP contribution is 2.32. The van der Waals surface area contributed by atoms with Crippen molar-refractivity contribution in [3.05, 3.63) is 46.1 Å². The number of anilines is 1. The van der Waals surface area contributed by atoms with E-state index in [2.05, 4.69) is 4.98 Å². The zero-order chi connectivity index (χ0) is 12.4. The van der Waals surface area contributed by atoms with Crippen LogP contribution in [0.15, 0.2) is 30.3 Å². The molecule has 17 heavy (non-hydrogen) atoms. The average Bonchev–Trinajstić information content (AvgIpc) is 2.32. The highest BCUT2D eigenvalue weighted by atomic mass is 35.5. The van der Waals surface area contributed by atoms with E-state index in [-0.39, 0.29) is 0 Å². The quantitative estimate of drug-likeness (QED) is 0.885. The van der Waals surface area contributed by atoms with Gasteiger partial charge in [0.15, 0.2) is 0 Å². The average molecular weight is 267 g/mol. The number of benzene rings is 1. The first kappa shape index (κ1) is 12.2. The molecule has 2 aromatic rings. The third kappa shape index (κ3) is 2.54. The molecule has 0 fully saturated rings. The summed E-state index contributed by atoms with van der Waals surface area (Å²) in [5.41, 5.74) is 8.48. The van der Waals surface area contributed by atoms with Crippen molar-refractivity contribution in [2.24, 2.45) is 0 Å². The molecule has 1 heterocycles. The van der Waals surface area contributed by atoms with Gasteiger partial charge in [-0.05, 0) is 36.8 Å². The van der Waals surface area contributed by atoms with Gasteiger partial charge in [-0.3, -0.25) is 0 Å². The lowest BCUT2D eigenvalue weighted by Gasteiger charge is -2.10. The van der Waals surface area contributed by atoms with Crippen LogP contribution in [0.2, 0.25) is 10.0 Å². The fourth-order valence-corrected chi connectivity index (χ4v) is 2.13. The minimum atomic E-state index is 0.517. The predicted octanol–water partition coefficient (Wildman–Crippen LogP) is 4.20. The molecular formula is C13H12Cl2N2. The normalized spacial score (nSPS) is 10.5. The number of halogens is 2. The summed E-state index contributed by atoms with van der Waals surface area (Å²) in [6.07, 6.45) is 0.795. The number of nitrogens with two attached hydrogens (primary N) is 1. The van der Waals surface area contributed by atoms with Crippen LogP contribution >= 0.6 is 23.2 Å². The van der Waals surface area contributed by atoms with Crippen molar-refractivity contribution in [2.75, 3.05) is 5.73 Å². The van der Waals surface area contributed by atoms with Crippen LogP contribution in [0.5, 0.6) is 0 Å². The van der Waals surface area contributed by atoms with Crippen LogP contribution in [0, 0.1) is 0 Å². The number of aromatic nitrogens is 1. The molecule has 0 amide bonds. The van der Waals surface area contributed by atoms with Crippen molar-refractivity contribution >= 4 is 29.0 Å². The SMILES string of the molecule is CCc1nc(N)ccc1-c1cc(Cl)ccc1Cl. The highest BCUT2D eigenvalue weighted by Gasteiger charge is 2.10. The maximum atomic E-state index is 6.18. The summed E-state index contributed by atoms with van der Waals surface area (Å²) in [7, 11) is 0. The maximum Gasteiger partial charge on any atom is 0.123 e. The number of nitrogens with zero attached hydrogens (tertiary/aromatic N) is 1. The van der Waals surface area contributed by atoms with Gasteiger partial charge in [-0.25, -0.2) is 4.98 Å². The van der Waals surface area contributed by atoms with E-state index in [1.165, 1.54) is 0 Å². The van der Waals surface area contributed by atoms with Gasteiger partial charge in [0.05, 0.1) is 5.69 Å². The number of nitrogen functional groups attached to an aromatic ring is 1. The number of aryl methyl sites for hydroxylation is 1. The van der Waals surface area contributed by atoms with E-state index in [0.717, 1.165) is 23.2 Å². The molecule has 0 atom stereocenters. The largest absolute Gasteiger partial charge is 0.384 e. The summed E-state index contributed by atoms with van der Waals surface area (Å²) in [6, 6.07) is 9.10. The third-order valence-corrected chi connectivity index (χ3v) is 3.11. The van der Waals surface area contributed by atoms with E-state index in [9.17, 15) is 0 Å². The Hall–Kier alpha value is -1.25. The highest BCUT2D eigenvalue weighted by molar-refractivity contribution is 6.35. The molecule has 0 aliphatic rings. The van der Waals surface area contributed by atoms with Gasteiger partial charge in [-0.1, -0.05) is 30.1 Å². The summed E-state index contributed by atoms with van der Waals surface area (Å²) >= 11 is 12.2. The third-order valence-electron chi connectivity index (χ3n) is 2.55. The fourth-order valence-electron chi connectivity index (χ4n) is 1.74. The molecule has 1 aromatic carbocycles. The van der Waals surface area contributed by atoms with Crippen molar-refractivity contribution in [1.29, 1.82) is 0 Å². The van der Waals surface area contributed by atoms with E-state index in [1.54, 1.807) is 18.2 Å². The molecule has 0 saturated carbocycles. The summed E-state index contributed by atoms with van der Waals surface area (Å²) in [4.78, 5) is 4.31. The van der Waals surface area contributed by atoms with Gasteiger partial charge in [0.2, 0.25) is 0 Å². The molecule has 0 saturated heterocycles. The van der Waals surface area contributed by atoms with Crippen LogP contribution in [-0.2, 0) is 6.42 Å². The second-order valence-corrected chi connectivity index (χ2v) is 4.55. The molecule has 4 heteroatoms. The first-order chi connectivity index (χ1) is 8.11. The molecular weight excluding hydrogens is 255 g/mol. The van der Waals surface area contributed by atoms with Crippen molar-refractivity contribution < 1.29 is 0 Å². The van der Waals surface area contributed by atoms with Gasteiger partial charge in [-0.2, -0.15) is 0 Å².